The standard InChI is InChI=1S/C34H60N2O7/c1-27(37)20-25-30(34(42)43)36-33(41)29-23-21-28(22-24-29)26-35-31(38)18-16-14-12-10-8-6-4-2-3-5-7-9-11-13-15-17-19-32(39)40/h28-30H,2-26H2,1H3,(H,35,38)(H,36,41)(H,39,40)(H,42,43)/t28-,29-,30?. The number of hydrogen-bond donors (Lipinski definition) is 4. The van der Waals surface area contributed by atoms with Crippen molar-refractivity contribution in [2.75, 3.05) is 6.54 Å². The van der Waals surface area contributed by atoms with Crippen LogP contribution in [0.1, 0.15) is 161 Å². The number of nitrogens with one attached hydrogen (secondary N) is 2. The lowest BCUT2D eigenvalue weighted by Crippen LogP contribution is -2.44. The number of rotatable bonds is 27. The number of hydrogen-bond acceptors (Lipinski definition) is 5. The summed E-state index contributed by atoms with van der Waals surface area (Å²) in [4.78, 5) is 57.8. The first-order valence-electron chi connectivity index (χ1n) is 17.2. The van der Waals surface area contributed by atoms with Gasteiger partial charge in [-0.1, -0.05) is 89.9 Å². The van der Waals surface area contributed by atoms with E-state index in [1.54, 1.807) is 0 Å². The van der Waals surface area contributed by atoms with E-state index < -0.39 is 18.0 Å². The number of carboxylic acid groups (broad SMARTS) is 2. The fourth-order valence-corrected chi connectivity index (χ4v) is 5.91. The smallest absolute Gasteiger partial charge is 0.326 e. The topological polar surface area (TPSA) is 150 Å². The van der Waals surface area contributed by atoms with Gasteiger partial charge in [0.25, 0.3) is 0 Å². The highest BCUT2D eigenvalue weighted by molar-refractivity contribution is 5.85. The summed E-state index contributed by atoms with van der Waals surface area (Å²) in [6.45, 7) is 2.05. The van der Waals surface area contributed by atoms with Gasteiger partial charge in [-0.3, -0.25) is 14.4 Å². The number of carbonyl (C=O) groups excluding carboxylic acids is 3. The van der Waals surface area contributed by atoms with E-state index in [1.165, 1.54) is 77.6 Å². The lowest BCUT2D eigenvalue weighted by Gasteiger charge is -2.28. The van der Waals surface area contributed by atoms with Crippen molar-refractivity contribution in [1.82, 2.24) is 10.6 Å². The van der Waals surface area contributed by atoms with Crippen molar-refractivity contribution in [3.63, 3.8) is 0 Å². The molecule has 0 heterocycles. The molecule has 0 aliphatic heterocycles. The predicted octanol–water partition coefficient (Wildman–Crippen LogP) is 6.95. The van der Waals surface area contributed by atoms with Gasteiger partial charge in [-0.15, -0.1) is 0 Å². The largest absolute Gasteiger partial charge is 0.481 e. The van der Waals surface area contributed by atoms with Crippen LogP contribution in [-0.2, 0) is 24.0 Å². The molecule has 4 N–H and O–H groups in total. The van der Waals surface area contributed by atoms with Gasteiger partial charge in [0.15, 0.2) is 0 Å². The molecule has 43 heavy (non-hydrogen) atoms. The van der Waals surface area contributed by atoms with Gasteiger partial charge in [0, 0.05) is 31.7 Å². The number of aliphatic carboxylic acids is 2. The zero-order valence-corrected chi connectivity index (χ0v) is 26.8. The summed E-state index contributed by atoms with van der Waals surface area (Å²) < 4.78 is 0. The average Bonchev–Trinajstić information content (AvgIpc) is 2.97. The Morgan fingerprint density at radius 2 is 1.07 bits per heavy atom. The van der Waals surface area contributed by atoms with E-state index in [0.29, 0.717) is 38.1 Å². The Balaban J connectivity index is 1.93. The van der Waals surface area contributed by atoms with Gasteiger partial charge in [0.1, 0.15) is 11.8 Å². The molecular formula is C34H60N2O7. The maximum Gasteiger partial charge on any atom is 0.326 e. The molecule has 0 saturated heterocycles. The molecule has 1 saturated carbocycles. The molecule has 0 spiro atoms. The van der Waals surface area contributed by atoms with Crippen molar-refractivity contribution in [1.29, 1.82) is 0 Å². The minimum atomic E-state index is -1.11. The first-order valence-corrected chi connectivity index (χ1v) is 17.2. The molecule has 0 aromatic rings. The summed E-state index contributed by atoms with van der Waals surface area (Å²) >= 11 is 0. The fraction of sp³-hybridized carbons (Fsp3) is 0.853. The second kappa shape index (κ2) is 24.9. The quantitative estimate of drug-likeness (QED) is 0.0737. The SMILES string of the molecule is CC(=O)CCC(NC(=O)[C@H]1CC[C@H](CNC(=O)CCCCCCCCCCCCCCCCCCC(=O)O)CC1)C(=O)O. The van der Waals surface area contributed by atoms with E-state index in [0.717, 1.165) is 44.9 Å². The van der Waals surface area contributed by atoms with Crippen LogP contribution in [0.5, 0.6) is 0 Å². The van der Waals surface area contributed by atoms with Crippen LogP contribution in [0.15, 0.2) is 0 Å². The molecule has 1 aliphatic carbocycles. The van der Waals surface area contributed by atoms with Gasteiger partial charge in [0.2, 0.25) is 11.8 Å². The summed E-state index contributed by atoms with van der Waals surface area (Å²) in [5.41, 5.74) is 0. The van der Waals surface area contributed by atoms with E-state index in [1.807, 2.05) is 0 Å². The van der Waals surface area contributed by atoms with E-state index in [2.05, 4.69) is 10.6 Å². The third-order valence-electron chi connectivity index (χ3n) is 8.75. The van der Waals surface area contributed by atoms with Crippen molar-refractivity contribution in [3.8, 4) is 0 Å². The van der Waals surface area contributed by atoms with Gasteiger partial charge in [0.05, 0.1) is 0 Å². The van der Waals surface area contributed by atoms with Crippen molar-refractivity contribution < 1.29 is 34.2 Å². The zero-order valence-electron chi connectivity index (χ0n) is 26.8. The number of carbonyl (C=O) groups is 5. The van der Waals surface area contributed by atoms with Crippen LogP contribution < -0.4 is 10.6 Å². The van der Waals surface area contributed by atoms with E-state index in [4.69, 9.17) is 5.11 Å². The molecule has 1 rings (SSSR count). The summed E-state index contributed by atoms with van der Waals surface area (Å²) in [5.74, 6) is -1.89. The molecule has 0 bridgehead atoms. The van der Waals surface area contributed by atoms with Crippen molar-refractivity contribution in [3.05, 3.63) is 0 Å². The van der Waals surface area contributed by atoms with Gasteiger partial charge < -0.3 is 25.6 Å². The summed E-state index contributed by atoms with van der Waals surface area (Å²) in [6, 6.07) is -1.03. The van der Waals surface area contributed by atoms with Crippen molar-refractivity contribution in [2.24, 2.45) is 11.8 Å². The normalized spacial score (nSPS) is 17.2. The minimum absolute atomic E-state index is 0.0937. The van der Waals surface area contributed by atoms with Crippen LogP contribution in [0, 0.1) is 11.8 Å². The highest BCUT2D eigenvalue weighted by Crippen LogP contribution is 2.29. The van der Waals surface area contributed by atoms with E-state index in [-0.39, 0.29) is 36.4 Å². The minimum Gasteiger partial charge on any atom is -0.481 e. The molecule has 9 nitrogen and oxygen atoms in total. The Bertz CT molecular complexity index is 809. The van der Waals surface area contributed by atoms with Crippen molar-refractivity contribution in [2.45, 2.75) is 167 Å². The molecule has 1 unspecified atom stereocenters. The molecule has 0 aromatic heterocycles. The van der Waals surface area contributed by atoms with Crippen LogP contribution in [0.2, 0.25) is 0 Å². The third-order valence-corrected chi connectivity index (χ3v) is 8.75. The number of Topliss-reactive ketones (excluding diaryl/α,β-unsaturated/α-hetero) is 1. The Morgan fingerprint density at radius 1 is 0.628 bits per heavy atom. The van der Waals surface area contributed by atoms with Gasteiger partial charge in [-0.25, -0.2) is 4.79 Å². The van der Waals surface area contributed by atoms with E-state index in [9.17, 15) is 29.1 Å². The molecule has 1 atom stereocenters. The Labute approximate surface area is 259 Å². The fourth-order valence-electron chi connectivity index (χ4n) is 5.91. The van der Waals surface area contributed by atoms with Crippen LogP contribution in [0.4, 0.5) is 0 Å². The summed E-state index contributed by atoms with van der Waals surface area (Å²) in [6.07, 6.45) is 23.3. The average molecular weight is 609 g/mol. The molecule has 1 fully saturated rings. The highest BCUT2D eigenvalue weighted by Gasteiger charge is 2.29. The number of ketones is 1. The first kappa shape index (κ1) is 38.6. The van der Waals surface area contributed by atoms with Gasteiger partial charge in [-0.05, 0) is 57.8 Å². The zero-order chi connectivity index (χ0) is 31.7. The van der Waals surface area contributed by atoms with Crippen LogP contribution in [-0.4, -0.2) is 52.3 Å². The Hall–Kier alpha value is -2.45. The maximum absolute atomic E-state index is 12.5. The molecule has 248 valence electrons. The third kappa shape index (κ3) is 21.8. The summed E-state index contributed by atoms with van der Waals surface area (Å²) in [7, 11) is 0. The molecule has 0 aromatic carbocycles. The second-order valence-corrected chi connectivity index (χ2v) is 12.7. The molecule has 2 amide bonds. The first-order chi connectivity index (χ1) is 20.7. The maximum atomic E-state index is 12.5. The number of amides is 2. The van der Waals surface area contributed by atoms with E-state index >= 15 is 0 Å². The monoisotopic (exact) mass is 608 g/mol. The highest BCUT2D eigenvalue weighted by atomic mass is 16.4. The predicted molar refractivity (Wildman–Crippen MR) is 169 cm³/mol. The molecule has 9 heteroatoms. The molecule has 0 radical (unpaired) electrons. The lowest BCUT2D eigenvalue weighted by atomic mass is 9.81. The number of carboxylic acids is 2. The van der Waals surface area contributed by atoms with Gasteiger partial charge >= 0.3 is 11.9 Å². The van der Waals surface area contributed by atoms with Crippen LogP contribution >= 0.6 is 0 Å². The van der Waals surface area contributed by atoms with Crippen molar-refractivity contribution >= 4 is 29.5 Å². The Morgan fingerprint density at radius 3 is 1.49 bits per heavy atom. The van der Waals surface area contributed by atoms with Crippen LogP contribution in [0.25, 0.3) is 0 Å². The second-order valence-electron chi connectivity index (χ2n) is 12.7. The Kier molecular flexibility index (Phi) is 22.4. The number of unbranched alkanes of at least 4 members (excludes halogenated alkanes) is 15. The van der Waals surface area contributed by atoms with Gasteiger partial charge in [-0.2, -0.15) is 0 Å². The summed E-state index contributed by atoms with van der Waals surface area (Å²) in [5, 5.41) is 23.6. The lowest BCUT2D eigenvalue weighted by molar-refractivity contribution is -0.143. The molecular weight excluding hydrogens is 548 g/mol. The molecule has 1 aliphatic rings. The van der Waals surface area contributed by atoms with Crippen LogP contribution in [0.3, 0.4) is 0 Å².